The zero-order valence-electron chi connectivity index (χ0n) is 45.2. The van der Waals surface area contributed by atoms with Gasteiger partial charge in [-0.25, -0.2) is 0 Å². The summed E-state index contributed by atoms with van der Waals surface area (Å²) in [5, 5.41) is 18.8. The molecule has 24 heteroatoms. The van der Waals surface area contributed by atoms with E-state index >= 15 is 0 Å². The molecule has 438 valence electrons. The smallest absolute Gasteiger partial charge is 0.399 e. The molecule has 4 aromatic carbocycles. The maximum absolute atomic E-state index is 13.1. The predicted octanol–water partition coefficient (Wildman–Crippen LogP) is 15.1. The number of hydrogen-bond donors (Lipinski definition) is 2. The van der Waals surface area contributed by atoms with Crippen LogP contribution in [0.4, 0.5) is 65.9 Å². The van der Waals surface area contributed by atoms with Crippen molar-refractivity contribution in [2.24, 2.45) is 0 Å². The zero-order chi connectivity index (χ0) is 60.8. The van der Waals surface area contributed by atoms with Crippen LogP contribution in [0.25, 0.3) is 12.2 Å². The van der Waals surface area contributed by atoms with E-state index in [0.717, 1.165) is 28.2 Å². The molecule has 0 atom stereocenters. The molecule has 0 bridgehead atoms. The molecule has 0 unspecified atom stereocenters. The largest absolute Gasteiger partial charge is 0.534 e. The van der Waals surface area contributed by atoms with E-state index in [1.807, 2.05) is 60.6 Å². The monoisotopic (exact) mass is 1160 g/mol. The van der Waals surface area contributed by atoms with E-state index in [9.17, 15) is 84.5 Å². The first-order valence-electron chi connectivity index (χ1n) is 24.6. The highest BCUT2D eigenvalue weighted by molar-refractivity contribution is 7.88. The number of hydrogen-bond acceptors (Lipinski definition) is 7. The lowest BCUT2D eigenvalue weighted by Crippen LogP contribution is -2.55. The van der Waals surface area contributed by atoms with Gasteiger partial charge in [0.2, 0.25) is 0 Å². The number of benzene rings is 4. The molecular weight excluding hydrogens is 1100 g/mol. The Hall–Kier alpha value is -5.04. The van der Waals surface area contributed by atoms with Gasteiger partial charge in [0, 0.05) is 10.8 Å². The highest BCUT2D eigenvalue weighted by atomic mass is 32.2. The molecule has 1 aliphatic rings. The minimum Gasteiger partial charge on any atom is -0.399 e. The third-order valence-electron chi connectivity index (χ3n) is 15.3. The van der Waals surface area contributed by atoms with Crippen molar-refractivity contribution >= 4 is 34.9 Å². The molecule has 0 aromatic heterocycles. The molecule has 5 rings (SSSR count). The van der Waals surface area contributed by atoms with Crippen LogP contribution in [0, 0.1) is 27.7 Å². The van der Waals surface area contributed by atoms with Crippen LogP contribution in [-0.2, 0) is 30.3 Å². The van der Waals surface area contributed by atoms with Crippen molar-refractivity contribution in [3.8, 4) is 5.75 Å². The maximum Gasteiger partial charge on any atom is 0.534 e. The summed E-state index contributed by atoms with van der Waals surface area (Å²) in [7, 11) is -6.41. The normalized spacial score (nSPS) is 16.2. The topological polar surface area (TPSA) is 102 Å². The van der Waals surface area contributed by atoms with Crippen LogP contribution in [0.5, 0.6) is 5.75 Å². The van der Waals surface area contributed by atoms with Gasteiger partial charge in [-0.1, -0.05) is 112 Å². The van der Waals surface area contributed by atoms with Crippen LogP contribution < -0.4 is 9.65 Å². The lowest BCUT2D eigenvalue weighted by Gasteiger charge is -2.34. The van der Waals surface area contributed by atoms with Gasteiger partial charge in [-0.05, 0) is 155 Å². The molecule has 0 spiro atoms. The van der Waals surface area contributed by atoms with E-state index in [1.165, 1.54) is 44.2 Å². The molecule has 0 saturated carbocycles. The summed E-state index contributed by atoms with van der Waals surface area (Å²) in [6.07, 6.45) is -21.0. The number of aliphatic hydroxyl groups is 2. The van der Waals surface area contributed by atoms with Crippen LogP contribution in [0.15, 0.2) is 84.9 Å². The molecular formula is C55H62BF15O7S. The summed E-state index contributed by atoms with van der Waals surface area (Å²) in [5.41, 5.74) is -11.9. The standard InChI is InChI=1S/C30H37BF6O3.C25H25F9O4S/c1-9-27(10-2,23-13-14-24(20(4)18-23)31-39-25(5,6)26(7,8)40-31)22-12-11-21(19(3)17-22)15-16-28(38,29(32,33)34)30(35,36)37;1-5-21(6-2,19-9-10-20(16(4)14-19)38-39(36,37)25(32,33)34)18-8-7-17(15(3)13-18)11-12-22(35,23(26,27)28)24(29,30)31/h11-18,38H,9-10H2,1-8H3;7-14,35H,5-6H2,1-4H3/b16-15+;12-11+. The van der Waals surface area contributed by atoms with Crippen molar-refractivity contribution in [3.63, 3.8) is 0 Å². The Bertz CT molecular complexity index is 2940. The number of aryl methyl sites for hydroxylation is 4. The average Bonchev–Trinajstić information content (AvgIpc) is 3.53. The van der Waals surface area contributed by atoms with Crippen molar-refractivity contribution in [2.75, 3.05) is 0 Å². The van der Waals surface area contributed by atoms with Crippen molar-refractivity contribution in [3.05, 3.63) is 141 Å². The van der Waals surface area contributed by atoms with Gasteiger partial charge >= 0.3 is 47.5 Å². The quantitative estimate of drug-likeness (QED) is 0.0529. The first-order valence-corrected chi connectivity index (χ1v) is 26.0. The Balaban J connectivity index is 0.000000341. The number of rotatable bonds is 15. The molecule has 1 aliphatic heterocycles. The fourth-order valence-electron chi connectivity index (χ4n) is 9.32. The third-order valence-corrected chi connectivity index (χ3v) is 16.3. The van der Waals surface area contributed by atoms with E-state index in [2.05, 4.69) is 10.2 Å². The Morgan fingerprint density at radius 2 is 0.797 bits per heavy atom. The highest BCUT2D eigenvalue weighted by Gasteiger charge is 2.70. The molecule has 1 saturated heterocycles. The van der Waals surface area contributed by atoms with Gasteiger partial charge in [-0.2, -0.15) is 74.3 Å². The minimum atomic E-state index is -6.01. The van der Waals surface area contributed by atoms with Gasteiger partial charge in [-0.3, -0.25) is 0 Å². The second kappa shape index (κ2) is 22.7. The first-order chi connectivity index (χ1) is 35.7. The third kappa shape index (κ3) is 13.0. The van der Waals surface area contributed by atoms with Crippen molar-refractivity contribution in [1.82, 2.24) is 0 Å². The van der Waals surface area contributed by atoms with Crippen molar-refractivity contribution < 1.29 is 98.0 Å². The fraction of sp³-hybridized carbons (Fsp3) is 0.491. The summed E-state index contributed by atoms with van der Waals surface area (Å²) < 4.78 is 234. The van der Waals surface area contributed by atoms with Gasteiger partial charge in [-0.15, -0.1) is 0 Å². The maximum atomic E-state index is 13.1. The van der Waals surface area contributed by atoms with Crippen LogP contribution in [-0.4, -0.2) is 78.4 Å². The van der Waals surface area contributed by atoms with E-state index in [0.29, 0.717) is 54.5 Å². The van der Waals surface area contributed by atoms with Gasteiger partial charge in [0.1, 0.15) is 5.75 Å². The second-order valence-electron chi connectivity index (χ2n) is 20.5. The van der Waals surface area contributed by atoms with Crippen molar-refractivity contribution in [2.45, 2.75) is 172 Å². The summed E-state index contributed by atoms with van der Waals surface area (Å²) in [4.78, 5) is 0. The van der Waals surface area contributed by atoms with Crippen LogP contribution in [0.3, 0.4) is 0 Å². The molecule has 7 nitrogen and oxygen atoms in total. The van der Waals surface area contributed by atoms with E-state index in [4.69, 9.17) is 9.31 Å². The van der Waals surface area contributed by atoms with Crippen LogP contribution >= 0.6 is 0 Å². The van der Waals surface area contributed by atoms with Gasteiger partial charge in [0.05, 0.1) is 11.2 Å². The molecule has 1 fully saturated rings. The lowest BCUT2D eigenvalue weighted by atomic mass is 9.68. The summed E-state index contributed by atoms with van der Waals surface area (Å²) in [6, 6.07) is 19.3. The molecule has 1 heterocycles. The van der Waals surface area contributed by atoms with Gasteiger partial charge in [0.25, 0.3) is 11.2 Å². The van der Waals surface area contributed by atoms with E-state index in [1.54, 1.807) is 39.0 Å². The molecule has 4 aromatic rings. The Morgan fingerprint density at radius 1 is 0.494 bits per heavy atom. The molecule has 79 heavy (non-hydrogen) atoms. The van der Waals surface area contributed by atoms with Crippen LogP contribution in [0.1, 0.15) is 137 Å². The highest BCUT2D eigenvalue weighted by Crippen LogP contribution is 2.48. The van der Waals surface area contributed by atoms with Crippen LogP contribution in [0.2, 0.25) is 0 Å². The molecule has 0 radical (unpaired) electrons. The molecule has 2 N–H and O–H groups in total. The lowest BCUT2D eigenvalue weighted by molar-refractivity contribution is -0.348. The summed E-state index contributed by atoms with van der Waals surface area (Å²) in [5.74, 6) is -0.532. The summed E-state index contributed by atoms with van der Waals surface area (Å²) >= 11 is 0. The Kier molecular flexibility index (Phi) is 19.1. The Morgan fingerprint density at radius 3 is 1.08 bits per heavy atom. The van der Waals surface area contributed by atoms with Gasteiger partial charge < -0.3 is 23.7 Å². The minimum absolute atomic E-state index is 0.0240. The molecule has 0 amide bonds. The second-order valence-corrected chi connectivity index (χ2v) is 22.1. The summed E-state index contributed by atoms with van der Waals surface area (Å²) in [6.45, 7) is 22.0. The SMILES string of the molecule is CCC(CC)(c1ccc(/C=C/C(O)(C(F)(F)F)C(F)(F)F)c(C)c1)c1ccc(B2OC(C)(C)C(C)(C)O2)c(C)c1.CCC(CC)(c1ccc(/C=C/C(O)(C(F)(F)F)C(F)(F)F)c(C)c1)c1ccc(OS(=O)(=O)C(F)(F)F)c(C)c1. The van der Waals surface area contributed by atoms with E-state index < -0.39 is 86.4 Å². The number of alkyl halides is 15. The van der Waals surface area contributed by atoms with E-state index in [-0.39, 0.29) is 34.4 Å². The fourth-order valence-corrected chi connectivity index (χ4v) is 9.84. The number of halogens is 15. The zero-order valence-corrected chi connectivity index (χ0v) is 46.0. The van der Waals surface area contributed by atoms with Gasteiger partial charge in [0.15, 0.2) is 0 Å². The Labute approximate surface area is 450 Å². The molecule has 0 aliphatic carbocycles. The first kappa shape index (κ1) is 66.5. The van der Waals surface area contributed by atoms with Crippen molar-refractivity contribution in [1.29, 1.82) is 0 Å². The predicted molar refractivity (Wildman–Crippen MR) is 271 cm³/mol. The average molecular weight is 1160 g/mol.